The third kappa shape index (κ3) is 3.76. The first-order valence-electron chi connectivity index (χ1n) is 11.2. The number of halogens is 1. The number of aromatic carboxylic acids is 1. The monoisotopic (exact) mass is 437 g/mol. The first-order valence-corrected chi connectivity index (χ1v) is 11.6. The number of hydrogen-bond acceptors (Lipinski definition) is 2. The second-order valence-electron chi connectivity index (χ2n) is 10.1. The summed E-state index contributed by atoms with van der Waals surface area (Å²) in [7, 11) is 0. The van der Waals surface area contributed by atoms with Gasteiger partial charge in [0.05, 0.1) is 16.1 Å². The van der Waals surface area contributed by atoms with Crippen LogP contribution in [0, 0.1) is 30.1 Å². The Kier molecular flexibility index (Phi) is 5.09. The van der Waals surface area contributed by atoms with Crippen molar-refractivity contribution in [3.05, 3.63) is 58.1 Å². The lowest BCUT2D eigenvalue weighted by Gasteiger charge is -2.56. The van der Waals surface area contributed by atoms with Crippen LogP contribution in [0.3, 0.4) is 0 Å². The minimum atomic E-state index is -0.985. The van der Waals surface area contributed by atoms with E-state index in [0.29, 0.717) is 28.3 Å². The summed E-state index contributed by atoms with van der Waals surface area (Å²) in [6.45, 7) is 2.59. The van der Waals surface area contributed by atoms with E-state index in [4.69, 9.17) is 11.6 Å². The predicted octanol–water partition coefficient (Wildman–Crippen LogP) is 5.96. The molecule has 0 aromatic heterocycles. The molecule has 0 aliphatic heterocycles. The molecule has 162 valence electrons. The molecule has 4 bridgehead atoms. The Labute approximate surface area is 188 Å². The number of carbonyl (C=O) groups excluding carboxylic acids is 1. The highest BCUT2D eigenvalue weighted by Gasteiger charge is 2.50. The molecule has 4 aliphatic carbocycles. The molecule has 0 atom stereocenters. The smallest absolute Gasteiger partial charge is 0.336 e. The summed E-state index contributed by atoms with van der Waals surface area (Å²) in [4.78, 5) is 24.9. The molecule has 2 aromatic carbocycles. The summed E-state index contributed by atoms with van der Waals surface area (Å²) in [6.07, 6.45) is 7.84. The number of nitrogens with one attached hydrogen (secondary N) is 1. The van der Waals surface area contributed by atoms with Crippen LogP contribution >= 0.6 is 11.6 Å². The molecule has 0 saturated heterocycles. The van der Waals surface area contributed by atoms with Crippen molar-refractivity contribution >= 4 is 23.5 Å². The molecule has 2 N–H and O–H groups in total. The lowest BCUT2D eigenvalue weighted by molar-refractivity contribution is -0.0503. The van der Waals surface area contributed by atoms with Gasteiger partial charge < -0.3 is 10.4 Å². The molecule has 0 unspecified atom stereocenters. The third-order valence-corrected chi connectivity index (χ3v) is 8.12. The Morgan fingerprint density at radius 2 is 1.68 bits per heavy atom. The number of rotatable bonds is 5. The van der Waals surface area contributed by atoms with Crippen molar-refractivity contribution in [1.29, 1.82) is 0 Å². The first kappa shape index (κ1) is 20.6. The SMILES string of the molecule is Cc1cccc(C(=O)O)c1-c1ccc(Cl)c(C(=O)NCC23CC4CC(CC(C4)C2)C3)c1. The standard InChI is InChI=1S/C26H28ClNO3/c1-15-3-2-4-20(25(30)31)23(15)19-5-6-22(27)21(10-19)24(29)28-14-26-11-16-7-17(12-26)9-18(8-16)13-26/h2-6,10,16-18H,7-9,11-14H2,1H3,(H,28,29)(H,30,31). The van der Waals surface area contributed by atoms with Gasteiger partial charge in [0.15, 0.2) is 0 Å². The van der Waals surface area contributed by atoms with Crippen LogP contribution in [-0.4, -0.2) is 23.5 Å². The van der Waals surface area contributed by atoms with E-state index < -0.39 is 5.97 Å². The Hall–Kier alpha value is -2.33. The molecule has 4 saturated carbocycles. The molecular formula is C26H28ClNO3. The van der Waals surface area contributed by atoms with Crippen LogP contribution in [0.15, 0.2) is 36.4 Å². The highest BCUT2D eigenvalue weighted by molar-refractivity contribution is 6.34. The molecule has 4 aliphatic rings. The van der Waals surface area contributed by atoms with E-state index in [1.165, 1.54) is 38.5 Å². The van der Waals surface area contributed by atoms with Gasteiger partial charge in [-0.05, 0) is 104 Å². The van der Waals surface area contributed by atoms with Gasteiger partial charge in [0.1, 0.15) is 0 Å². The average Bonchev–Trinajstić information content (AvgIpc) is 2.71. The maximum absolute atomic E-state index is 13.1. The number of aryl methyl sites for hydroxylation is 1. The average molecular weight is 438 g/mol. The van der Waals surface area contributed by atoms with Crippen molar-refractivity contribution in [2.45, 2.75) is 45.4 Å². The van der Waals surface area contributed by atoms with Gasteiger partial charge in [-0.15, -0.1) is 0 Å². The lowest BCUT2D eigenvalue weighted by Crippen LogP contribution is -2.51. The minimum Gasteiger partial charge on any atom is -0.478 e. The van der Waals surface area contributed by atoms with Crippen molar-refractivity contribution < 1.29 is 14.7 Å². The number of carboxylic acids is 1. The maximum atomic E-state index is 13.1. The summed E-state index contributed by atoms with van der Waals surface area (Å²) >= 11 is 6.40. The van der Waals surface area contributed by atoms with E-state index in [-0.39, 0.29) is 16.9 Å². The van der Waals surface area contributed by atoms with Gasteiger partial charge >= 0.3 is 5.97 Å². The van der Waals surface area contributed by atoms with Crippen molar-refractivity contribution in [2.24, 2.45) is 23.2 Å². The highest BCUT2D eigenvalue weighted by atomic mass is 35.5. The van der Waals surface area contributed by atoms with Crippen LogP contribution in [0.2, 0.25) is 5.02 Å². The van der Waals surface area contributed by atoms with Crippen LogP contribution in [0.25, 0.3) is 11.1 Å². The van der Waals surface area contributed by atoms with Gasteiger partial charge in [-0.3, -0.25) is 4.79 Å². The summed E-state index contributed by atoms with van der Waals surface area (Å²) in [5.41, 5.74) is 3.05. The number of carbonyl (C=O) groups is 2. The molecule has 6 rings (SSSR count). The lowest BCUT2D eigenvalue weighted by atomic mass is 9.49. The van der Waals surface area contributed by atoms with Gasteiger partial charge in [-0.25, -0.2) is 4.79 Å². The first-order chi connectivity index (χ1) is 14.8. The van der Waals surface area contributed by atoms with Gasteiger partial charge in [-0.2, -0.15) is 0 Å². The highest BCUT2D eigenvalue weighted by Crippen LogP contribution is 2.59. The Bertz CT molecular complexity index is 1030. The molecule has 31 heavy (non-hydrogen) atoms. The quantitative estimate of drug-likeness (QED) is 0.606. The molecule has 1 amide bonds. The third-order valence-electron chi connectivity index (χ3n) is 7.79. The molecule has 4 fully saturated rings. The second kappa shape index (κ2) is 7.67. The van der Waals surface area contributed by atoms with Gasteiger partial charge in [0.25, 0.3) is 5.91 Å². The number of carboxylic acid groups (broad SMARTS) is 1. The summed E-state index contributed by atoms with van der Waals surface area (Å²) in [5.74, 6) is 1.36. The predicted molar refractivity (Wildman–Crippen MR) is 122 cm³/mol. The van der Waals surface area contributed by atoms with Crippen LogP contribution < -0.4 is 5.32 Å². The Morgan fingerprint density at radius 3 is 2.29 bits per heavy atom. The van der Waals surface area contributed by atoms with Crippen LogP contribution in [0.1, 0.15) is 64.8 Å². The molecule has 2 aromatic rings. The fourth-order valence-corrected chi connectivity index (χ4v) is 7.16. The zero-order valence-corrected chi connectivity index (χ0v) is 18.5. The number of amides is 1. The Balaban J connectivity index is 1.39. The molecule has 0 spiro atoms. The second-order valence-corrected chi connectivity index (χ2v) is 10.5. The molecule has 4 nitrogen and oxygen atoms in total. The maximum Gasteiger partial charge on any atom is 0.336 e. The molecule has 0 heterocycles. The van der Waals surface area contributed by atoms with Gasteiger partial charge in [0, 0.05) is 6.54 Å². The number of benzene rings is 2. The van der Waals surface area contributed by atoms with Crippen LogP contribution in [0.5, 0.6) is 0 Å². The van der Waals surface area contributed by atoms with Crippen LogP contribution in [0.4, 0.5) is 0 Å². The van der Waals surface area contributed by atoms with E-state index in [2.05, 4.69) is 5.32 Å². The summed E-state index contributed by atoms with van der Waals surface area (Å²) in [6, 6.07) is 10.4. The summed E-state index contributed by atoms with van der Waals surface area (Å²) < 4.78 is 0. The fourth-order valence-electron chi connectivity index (χ4n) is 6.95. The largest absolute Gasteiger partial charge is 0.478 e. The fraction of sp³-hybridized carbons (Fsp3) is 0.462. The minimum absolute atomic E-state index is 0.173. The van der Waals surface area contributed by atoms with E-state index in [0.717, 1.165) is 23.3 Å². The van der Waals surface area contributed by atoms with Crippen molar-refractivity contribution in [1.82, 2.24) is 5.32 Å². The van der Waals surface area contributed by atoms with E-state index in [9.17, 15) is 14.7 Å². The Morgan fingerprint density at radius 1 is 1.03 bits per heavy atom. The zero-order valence-electron chi connectivity index (χ0n) is 17.8. The van der Waals surface area contributed by atoms with E-state index in [1.54, 1.807) is 30.3 Å². The van der Waals surface area contributed by atoms with Crippen LogP contribution in [-0.2, 0) is 0 Å². The zero-order chi connectivity index (χ0) is 21.8. The molecule has 0 radical (unpaired) electrons. The molecule has 5 heteroatoms. The molecular weight excluding hydrogens is 410 g/mol. The number of hydrogen-bond donors (Lipinski definition) is 2. The van der Waals surface area contributed by atoms with Crippen molar-refractivity contribution in [3.8, 4) is 11.1 Å². The summed E-state index contributed by atoms with van der Waals surface area (Å²) in [5, 5.41) is 13.2. The van der Waals surface area contributed by atoms with Crippen molar-refractivity contribution in [2.75, 3.05) is 6.54 Å². The normalized spacial score (nSPS) is 28.5. The van der Waals surface area contributed by atoms with Crippen molar-refractivity contribution in [3.63, 3.8) is 0 Å². The topological polar surface area (TPSA) is 66.4 Å². The van der Waals surface area contributed by atoms with E-state index in [1.807, 2.05) is 13.0 Å². The van der Waals surface area contributed by atoms with Gasteiger partial charge in [0.2, 0.25) is 0 Å². The van der Waals surface area contributed by atoms with E-state index >= 15 is 0 Å². The van der Waals surface area contributed by atoms with Gasteiger partial charge in [-0.1, -0.05) is 29.8 Å².